The normalized spacial score (nSPS) is 10.2. The summed E-state index contributed by atoms with van der Waals surface area (Å²) in [5.41, 5.74) is 1.74. The van der Waals surface area contributed by atoms with E-state index in [4.69, 9.17) is 9.47 Å². The van der Waals surface area contributed by atoms with Gasteiger partial charge in [0.15, 0.2) is 18.1 Å². The fraction of sp³-hybridized carbons (Fsp3) is 0.143. The van der Waals surface area contributed by atoms with Crippen molar-refractivity contribution in [2.75, 3.05) is 24.4 Å². The molecule has 0 aliphatic rings. The average Bonchev–Trinajstić information content (AvgIpc) is 2.73. The van der Waals surface area contributed by atoms with Crippen LogP contribution < -0.4 is 20.1 Å². The summed E-state index contributed by atoms with van der Waals surface area (Å²) in [4.78, 5) is 16.2. The molecule has 3 rings (SSSR count). The average molecular weight is 381 g/mol. The van der Waals surface area contributed by atoms with Crippen LogP contribution >= 0.6 is 0 Å². The lowest BCUT2D eigenvalue weighted by Crippen LogP contribution is -2.20. The zero-order valence-electron chi connectivity index (χ0n) is 15.3. The molecule has 1 amide bonds. The molecule has 1 heterocycles. The second-order valence-corrected chi connectivity index (χ2v) is 5.90. The molecular formula is C21H20FN3O3. The number of ether oxygens (including phenoxy) is 2. The summed E-state index contributed by atoms with van der Waals surface area (Å²) in [6.07, 6.45) is 1.61. The number of pyridine rings is 1. The minimum atomic E-state index is -0.328. The van der Waals surface area contributed by atoms with Gasteiger partial charge < -0.3 is 20.1 Å². The number of carbonyl (C=O) groups is 1. The van der Waals surface area contributed by atoms with Gasteiger partial charge in [0.25, 0.3) is 5.91 Å². The Hall–Kier alpha value is -3.61. The number of hydrogen-bond donors (Lipinski definition) is 2. The Kier molecular flexibility index (Phi) is 6.41. The van der Waals surface area contributed by atoms with Gasteiger partial charge >= 0.3 is 0 Å². The molecule has 2 aromatic carbocycles. The molecule has 7 heteroatoms. The molecule has 2 N–H and O–H groups in total. The predicted octanol–water partition coefficient (Wildman–Crippen LogP) is 3.86. The zero-order chi connectivity index (χ0) is 19.8. The van der Waals surface area contributed by atoms with Gasteiger partial charge in [-0.3, -0.25) is 4.79 Å². The van der Waals surface area contributed by atoms with Crippen LogP contribution in [0.4, 0.5) is 15.9 Å². The van der Waals surface area contributed by atoms with Gasteiger partial charge in [0, 0.05) is 6.54 Å². The van der Waals surface area contributed by atoms with E-state index in [9.17, 15) is 9.18 Å². The minimum absolute atomic E-state index is 0.160. The van der Waals surface area contributed by atoms with Crippen LogP contribution in [-0.4, -0.2) is 24.6 Å². The van der Waals surface area contributed by atoms with Crippen LogP contribution in [0.1, 0.15) is 5.56 Å². The highest BCUT2D eigenvalue weighted by molar-refractivity contribution is 5.91. The number of halogens is 1. The topological polar surface area (TPSA) is 72.5 Å². The number of amides is 1. The van der Waals surface area contributed by atoms with Crippen molar-refractivity contribution in [3.8, 4) is 11.5 Å². The van der Waals surface area contributed by atoms with E-state index >= 15 is 0 Å². The molecular weight excluding hydrogens is 361 g/mol. The summed E-state index contributed by atoms with van der Waals surface area (Å²) in [7, 11) is 1.54. The molecule has 0 unspecified atom stereocenters. The summed E-state index contributed by atoms with van der Waals surface area (Å²) >= 11 is 0. The molecule has 144 valence electrons. The van der Waals surface area contributed by atoms with Crippen LogP contribution in [0.25, 0.3) is 0 Å². The van der Waals surface area contributed by atoms with Crippen molar-refractivity contribution in [2.45, 2.75) is 6.54 Å². The van der Waals surface area contributed by atoms with Crippen molar-refractivity contribution >= 4 is 17.4 Å². The number of nitrogens with zero attached hydrogens (tertiary/aromatic N) is 1. The van der Waals surface area contributed by atoms with E-state index in [0.29, 0.717) is 23.9 Å². The highest BCUT2D eigenvalue weighted by Gasteiger charge is 2.08. The Morgan fingerprint density at radius 1 is 1.04 bits per heavy atom. The van der Waals surface area contributed by atoms with Gasteiger partial charge in [-0.1, -0.05) is 24.3 Å². The molecule has 0 saturated heterocycles. The first-order valence-electron chi connectivity index (χ1n) is 8.64. The maximum Gasteiger partial charge on any atom is 0.263 e. The van der Waals surface area contributed by atoms with Gasteiger partial charge in [0.2, 0.25) is 0 Å². The van der Waals surface area contributed by atoms with E-state index in [-0.39, 0.29) is 18.3 Å². The lowest BCUT2D eigenvalue weighted by Gasteiger charge is -2.11. The molecule has 0 aliphatic heterocycles. The number of methoxy groups -OCH3 is 1. The maximum atomic E-state index is 12.9. The Labute approximate surface area is 162 Å². The third-order valence-corrected chi connectivity index (χ3v) is 3.87. The number of rotatable bonds is 8. The molecule has 0 saturated carbocycles. The lowest BCUT2D eigenvalue weighted by atomic mass is 10.2. The molecule has 3 aromatic rings. The van der Waals surface area contributed by atoms with E-state index in [1.165, 1.54) is 19.2 Å². The van der Waals surface area contributed by atoms with Crippen LogP contribution in [0.5, 0.6) is 11.5 Å². The standard InChI is InChI=1S/C21H20FN3O3/c1-27-18-4-2-3-5-19(18)28-14-21(26)25-20-11-10-17(13-24-20)23-12-15-6-8-16(22)9-7-15/h2-11,13,23H,12,14H2,1H3,(H,24,25,26). The summed E-state index contributed by atoms with van der Waals surface area (Å²) < 4.78 is 23.6. The Bertz CT molecular complexity index is 915. The number of para-hydroxylation sites is 2. The highest BCUT2D eigenvalue weighted by atomic mass is 19.1. The maximum absolute atomic E-state index is 12.9. The minimum Gasteiger partial charge on any atom is -0.493 e. The number of carbonyl (C=O) groups excluding carboxylic acids is 1. The smallest absolute Gasteiger partial charge is 0.263 e. The summed E-state index contributed by atoms with van der Waals surface area (Å²) in [5, 5.41) is 5.86. The predicted molar refractivity (Wildman–Crippen MR) is 105 cm³/mol. The molecule has 6 nitrogen and oxygen atoms in total. The van der Waals surface area contributed by atoms with Crippen LogP contribution in [0.2, 0.25) is 0 Å². The van der Waals surface area contributed by atoms with Crippen molar-refractivity contribution in [3.63, 3.8) is 0 Å². The largest absolute Gasteiger partial charge is 0.493 e. The van der Waals surface area contributed by atoms with Crippen molar-refractivity contribution < 1.29 is 18.7 Å². The van der Waals surface area contributed by atoms with Crippen LogP contribution in [0.3, 0.4) is 0 Å². The number of aromatic nitrogens is 1. The fourth-order valence-electron chi connectivity index (χ4n) is 2.44. The molecule has 0 aliphatic carbocycles. The van der Waals surface area contributed by atoms with Crippen molar-refractivity contribution in [1.82, 2.24) is 4.98 Å². The second-order valence-electron chi connectivity index (χ2n) is 5.90. The first-order valence-corrected chi connectivity index (χ1v) is 8.64. The quantitative estimate of drug-likeness (QED) is 0.620. The van der Waals surface area contributed by atoms with Gasteiger partial charge in [0.05, 0.1) is 19.0 Å². The number of hydrogen-bond acceptors (Lipinski definition) is 5. The number of nitrogens with one attached hydrogen (secondary N) is 2. The fourth-order valence-corrected chi connectivity index (χ4v) is 2.44. The van der Waals surface area contributed by atoms with E-state index in [1.807, 2.05) is 6.07 Å². The van der Waals surface area contributed by atoms with E-state index in [1.54, 1.807) is 48.7 Å². The number of benzene rings is 2. The Morgan fingerprint density at radius 3 is 2.46 bits per heavy atom. The Morgan fingerprint density at radius 2 is 1.79 bits per heavy atom. The zero-order valence-corrected chi connectivity index (χ0v) is 15.3. The van der Waals surface area contributed by atoms with Crippen LogP contribution in [0, 0.1) is 5.82 Å². The van der Waals surface area contributed by atoms with Crippen LogP contribution in [-0.2, 0) is 11.3 Å². The summed E-state index contributed by atoms with van der Waals surface area (Å²) in [5.74, 6) is 0.880. The first kappa shape index (κ1) is 19.2. The SMILES string of the molecule is COc1ccccc1OCC(=O)Nc1ccc(NCc2ccc(F)cc2)cn1. The summed E-state index contributed by atoms with van der Waals surface area (Å²) in [6, 6.07) is 16.9. The first-order chi connectivity index (χ1) is 13.6. The number of anilines is 2. The van der Waals surface area contributed by atoms with Gasteiger partial charge in [0.1, 0.15) is 11.6 Å². The van der Waals surface area contributed by atoms with E-state index in [2.05, 4.69) is 15.6 Å². The van der Waals surface area contributed by atoms with Crippen molar-refractivity contribution in [2.24, 2.45) is 0 Å². The highest BCUT2D eigenvalue weighted by Crippen LogP contribution is 2.25. The molecule has 0 bridgehead atoms. The van der Waals surface area contributed by atoms with Gasteiger partial charge in [-0.05, 0) is 42.0 Å². The van der Waals surface area contributed by atoms with Gasteiger partial charge in [-0.2, -0.15) is 0 Å². The molecule has 1 aromatic heterocycles. The molecule has 0 atom stereocenters. The van der Waals surface area contributed by atoms with E-state index < -0.39 is 0 Å². The van der Waals surface area contributed by atoms with Gasteiger partial charge in [-0.25, -0.2) is 9.37 Å². The van der Waals surface area contributed by atoms with Crippen molar-refractivity contribution in [3.05, 3.63) is 78.2 Å². The third-order valence-electron chi connectivity index (χ3n) is 3.87. The monoisotopic (exact) mass is 381 g/mol. The lowest BCUT2D eigenvalue weighted by molar-refractivity contribution is -0.118. The van der Waals surface area contributed by atoms with Gasteiger partial charge in [-0.15, -0.1) is 0 Å². The van der Waals surface area contributed by atoms with Crippen LogP contribution in [0.15, 0.2) is 66.9 Å². The Balaban J connectivity index is 1.48. The second kappa shape index (κ2) is 9.36. The van der Waals surface area contributed by atoms with Crippen molar-refractivity contribution in [1.29, 1.82) is 0 Å². The van der Waals surface area contributed by atoms with E-state index in [0.717, 1.165) is 11.3 Å². The molecule has 0 radical (unpaired) electrons. The molecule has 0 spiro atoms. The molecule has 0 fully saturated rings. The molecule has 28 heavy (non-hydrogen) atoms. The third kappa shape index (κ3) is 5.44. The summed E-state index contributed by atoms with van der Waals surface area (Å²) in [6.45, 7) is 0.382.